The third kappa shape index (κ3) is 9.34. The fourth-order valence-electron chi connectivity index (χ4n) is 4.43. The van der Waals surface area contributed by atoms with E-state index in [0.717, 1.165) is 34.3 Å². The van der Waals surface area contributed by atoms with Crippen molar-refractivity contribution in [1.82, 2.24) is 10.2 Å². The molecule has 1 N–H and O–H groups in total. The predicted molar refractivity (Wildman–Crippen MR) is 157 cm³/mol. The van der Waals surface area contributed by atoms with Gasteiger partial charge in [0.25, 0.3) is 0 Å². The number of anilines is 1. The summed E-state index contributed by atoms with van der Waals surface area (Å²) in [7, 11) is -3.90. The molecule has 11 heteroatoms. The van der Waals surface area contributed by atoms with Crippen molar-refractivity contribution >= 4 is 27.5 Å². The number of nitrogens with zero attached hydrogens (tertiary/aromatic N) is 2. The van der Waals surface area contributed by atoms with Gasteiger partial charge in [0, 0.05) is 44.1 Å². The topological polar surface area (TPSA) is 86.8 Å². The van der Waals surface area contributed by atoms with Crippen LogP contribution in [0.5, 0.6) is 0 Å². The summed E-state index contributed by atoms with van der Waals surface area (Å²) < 4.78 is 67.9. The van der Waals surface area contributed by atoms with Gasteiger partial charge in [-0.25, -0.2) is 21.6 Å². The van der Waals surface area contributed by atoms with Crippen molar-refractivity contribution in [3.8, 4) is 0 Å². The first kappa shape index (κ1) is 32.7. The average molecular weight is 604 g/mol. The lowest BCUT2D eigenvalue weighted by Gasteiger charge is -2.32. The molecule has 7 nitrogen and oxygen atoms in total. The van der Waals surface area contributed by atoms with E-state index in [-0.39, 0.29) is 49.5 Å². The van der Waals surface area contributed by atoms with E-state index in [1.54, 1.807) is 6.07 Å². The Hall–Kier alpha value is -3.86. The monoisotopic (exact) mass is 603 g/mol. The number of carbonyl (C=O) groups is 2. The molecule has 3 rings (SSSR count). The lowest BCUT2D eigenvalue weighted by Crippen LogP contribution is -2.51. The zero-order chi connectivity index (χ0) is 30.9. The van der Waals surface area contributed by atoms with Crippen LogP contribution in [0.2, 0.25) is 0 Å². The van der Waals surface area contributed by atoms with Gasteiger partial charge in [-0.05, 0) is 36.1 Å². The highest BCUT2D eigenvalue weighted by molar-refractivity contribution is 7.92. The molecule has 0 radical (unpaired) electrons. The Morgan fingerprint density at radius 3 is 2.17 bits per heavy atom. The SMILES string of the molecule is CC(C)CNC(=O)[C@@H](Cc1ccccc1)N(Cc1ccccc1F)C(=O)CCCN(c1ccc(F)c(F)c1)S(C)(=O)=O. The number of hydrogen-bond acceptors (Lipinski definition) is 4. The van der Waals surface area contributed by atoms with Gasteiger partial charge in [0.2, 0.25) is 21.8 Å². The summed E-state index contributed by atoms with van der Waals surface area (Å²) in [5.41, 5.74) is 0.942. The Kier molecular flexibility index (Phi) is 11.6. The minimum Gasteiger partial charge on any atom is -0.354 e. The predicted octanol–water partition coefficient (Wildman–Crippen LogP) is 5.06. The Morgan fingerprint density at radius 2 is 1.55 bits per heavy atom. The molecule has 3 aromatic carbocycles. The summed E-state index contributed by atoms with van der Waals surface area (Å²) in [5, 5.41) is 2.88. The Balaban J connectivity index is 1.89. The molecule has 42 heavy (non-hydrogen) atoms. The number of carbonyl (C=O) groups excluding carboxylic acids is 2. The molecule has 3 aromatic rings. The van der Waals surface area contributed by atoms with Crippen molar-refractivity contribution in [2.45, 2.75) is 45.7 Å². The quantitative estimate of drug-likeness (QED) is 0.279. The van der Waals surface area contributed by atoms with Gasteiger partial charge in [-0.15, -0.1) is 0 Å². The Bertz CT molecular complexity index is 1470. The number of rotatable bonds is 14. The van der Waals surface area contributed by atoms with Crippen molar-refractivity contribution < 1.29 is 31.2 Å². The maximum atomic E-state index is 14.7. The smallest absolute Gasteiger partial charge is 0.243 e. The highest BCUT2D eigenvalue weighted by Crippen LogP contribution is 2.22. The van der Waals surface area contributed by atoms with Crippen molar-refractivity contribution in [1.29, 1.82) is 0 Å². The van der Waals surface area contributed by atoms with Gasteiger partial charge in [0.05, 0.1) is 11.9 Å². The van der Waals surface area contributed by atoms with Crippen LogP contribution in [-0.4, -0.2) is 50.5 Å². The second-order valence-electron chi connectivity index (χ2n) is 10.5. The van der Waals surface area contributed by atoms with E-state index >= 15 is 0 Å². The van der Waals surface area contributed by atoms with Gasteiger partial charge >= 0.3 is 0 Å². The molecular weight excluding hydrogens is 567 g/mol. The minimum atomic E-state index is -3.90. The summed E-state index contributed by atoms with van der Waals surface area (Å²) in [6.07, 6.45) is 0.919. The molecule has 0 unspecified atom stereocenters. The molecule has 0 heterocycles. The van der Waals surface area contributed by atoms with Crippen molar-refractivity contribution in [3.05, 3.63) is 101 Å². The normalized spacial score (nSPS) is 12.2. The highest BCUT2D eigenvalue weighted by atomic mass is 32.2. The van der Waals surface area contributed by atoms with Crippen molar-refractivity contribution in [3.63, 3.8) is 0 Å². The summed E-state index contributed by atoms with van der Waals surface area (Å²) >= 11 is 0. The van der Waals surface area contributed by atoms with Crippen LogP contribution < -0.4 is 9.62 Å². The van der Waals surface area contributed by atoms with Crippen LogP contribution in [0.25, 0.3) is 0 Å². The first-order chi connectivity index (χ1) is 19.9. The van der Waals surface area contributed by atoms with E-state index in [4.69, 9.17) is 0 Å². The third-order valence-electron chi connectivity index (χ3n) is 6.60. The van der Waals surface area contributed by atoms with E-state index in [2.05, 4.69) is 5.32 Å². The number of hydrogen-bond donors (Lipinski definition) is 1. The molecule has 226 valence electrons. The van der Waals surface area contributed by atoms with Gasteiger partial charge in [-0.1, -0.05) is 62.4 Å². The van der Waals surface area contributed by atoms with E-state index in [1.165, 1.54) is 23.1 Å². The van der Waals surface area contributed by atoms with Gasteiger partial charge < -0.3 is 10.2 Å². The van der Waals surface area contributed by atoms with Gasteiger partial charge in [0.15, 0.2) is 11.6 Å². The lowest BCUT2D eigenvalue weighted by molar-refractivity contribution is -0.141. The standard InChI is InChI=1S/C31H36F3N3O4S/c1-22(2)20-35-31(39)29(18-23-10-5-4-6-11-23)36(21-24-12-7-8-13-26(24)32)30(38)14-9-17-37(42(3,40)41)25-15-16-27(33)28(34)19-25/h4-8,10-13,15-16,19,22,29H,9,14,17-18,20-21H2,1-3H3,(H,35,39)/t29-/m1/s1. The molecule has 0 aliphatic heterocycles. The van der Waals surface area contributed by atoms with E-state index in [9.17, 15) is 31.2 Å². The second kappa shape index (κ2) is 14.9. The minimum absolute atomic E-state index is 0.00431. The first-order valence-corrected chi connectivity index (χ1v) is 15.5. The Labute approximate surface area is 245 Å². The van der Waals surface area contributed by atoms with Crippen molar-refractivity contribution in [2.24, 2.45) is 5.92 Å². The molecule has 0 aromatic heterocycles. The third-order valence-corrected chi connectivity index (χ3v) is 7.79. The van der Waals surface area contributed by atoms with E-state index in [1.807, 2.05) is 44.2 Å². The Morgan fingerprint density at radius 1 is 0.881 bits per heavy atom. The van der Waals surface area contributed by atoms with E-state index < -0.39 is 45.3 Å². The molecule has 0 spiro atoms. The molecule has 2 amide bonds. The van der Waals surface area contributed by atoms with Crippen LogP contribution in [-0.2, 0) is 32.6 Å². The summed E-state index contributed by atoms with van der Waals surface area (Å²) in [6.45, 7) is 3.87. The zero-order valence-electron chi connectivity index (χ0n) is 23.9. The number of sulfonamides is 1. The van der Waals surface area contributed by atoms with Crippen LogP contribution in [0.1, 0.15) is 37.8 Å². The fraction of sp³-hybridized carbons (Fsp3) is 0.355. The molecule has 0 saturated carbocycles. The number of nitrogens with one attached hydrogen (secondary N) is 1. The molecular formula is C31H36F3N3O4S. The van der Waals surface area contributed by atoms with Gasteiger partial charge in [0.1, 0.15) is 11.9 Å². The van der Waals surface area contributed by atoms with E-state index in [0.29, 0.717) is 6.54 Å². The molecule has 0 fully saturated rings. The fourth-order valence-corrected chi connectivity index (χ4v) is 5.39. The van der Waals surface area contributed by atoms with Crippen molar-refractivity contribution in [2.75, 3.05) is 23.7 Å². The number of halogens is 3. The van der Waals surface area contributed by atoms with Crippen LogP contribution in [0.4, 0.5) is 18.9 Å². The van der Waals surface area contributed by atoms with Crippen LogP contribution in [0, 0.1) is 23.4 Å². The summed E-state index contributed by atoms with van der Waals surface area (Å²) in [6, 6.07) is 16.9. The van der Waals surface area contributed by atoms with Crippen LogP contribution >= 0.6 is 0 Å². The molecule has 0 bridgehead atoms. The average Bonchev–Trinajstić information content (AvgIpc) is 2.94. The van der Waals surface area contributed by atoms with Gasteiger partial charge in [-0.2, -0.15) is 0 Å². The lowest BCUT2D eigenvalue weighted by atomic mass is 10.0. The largest absolute Gasteiger partial charge is 0.354 e. The summed E-state index contributed by atoms with van der Waals surface area (Å²) in [5.74, 6) is -3.58. The molecule has 0 saturated heterocycles. The molecule has 1 atom stereocenters. The second-order valence-corrected chi connectivity index (χ2v) is 12.4. The zero-order valence-corrected chi connectivity index (χ0v) is 24.7. The maximum Gasteiger partial charge on any atom is 0.243 e. The highest BCUT2D eigenvalue weighted by Gasteiger charge is 2.31. The van der Waals surface area contributed by atoms with Gasteiger partial charge in [-0.3, -0.25) is 13.9 Å². The van der Waals surface area contributed by atoms with Crippen LogP contribution in [0.3, 0.4) is 0 Å². The molecule has 0 aliphatic carbocycles. The number of benzene rings is 3. The summed E-state index contributed by atoms with van der Waals surface area (Å²) in [4.78, 5) is 28.5. The van der Waals surface area contributed by atoms with Crippen LogP contribution in [0.15, 0.2) is 72.8 Å². The maximum absolute atomic E-state index is 14.7. The molecule has 0 aliphatic rings. The number of amides is 2. The first-order valence-electron chi connectivity index (χ1n) is 13.6.